The van der Waals surface area contributed by atoms with Gasteiger partial charge in [-0.25, -0.2) is 8.42 Å². The molecule has 0 heterocycles. The largest absolute Gasteiger partial charge is 0.481 e. The highest BCUT2D eigenvalue weighted by molar-refractivity contribution is 7.89. The van der Waals surface area contributed by atoms with Crippen molar-refractivity contribution in [1.82, 2.24) is 4.72 Å². The Balaban J connectivity index is 3.10. The van der Waals surface area contributed by atoms with Crippen LogP contribution < -0.4 is 4.72 Å². The Bertz CT molecular complexity index is 681. The molecule has 0 fully saturated rings. The lowest BCUT2D eigenvalue weighted by Gasteiger charge is -2.13. The fraction of sp³-hybridized carbons (Fsp3) is 0.250. The van der Waals surface area contributed by atoms with E-state index in [2.05, 4.69) is 0 Å². The number of carbonyl (C=O) groups excluding carboxylic acids is 1. The van der Waals surface area contributed by atoms with Crippen molar-refractivity contribution in [2.75, 3.05) is 0 Å². The van der Waals surface area contributed by atoms with Crippen LogP contribution in [-0.4, -0.2) is 42.4 Å². The monoisotopic (exact) mass is 315 g/mol. The van der Waals surface area contributed by atoms with E-state index in [0.29, 0.717) is 0 Å². The Morgan fingerprint density at radius 3 is 2.33 bits per heavy atom. The van der Waals surface area contributed by atoms with Crippen molar-refractivity contribution in [3.63, 3.8) is 0 Å². The number of carboxylic acids is 2. The number of carbonyl (C=O) groups is 3. The molecule has 3 N–H and O–H groups in total. The van der Waals surface area contributed by atoms with Crippen molar-refractivity contribution >= 4 is 27.7 Å². The van der Waals surface area contributed by atoms with Crippen molar-refractivity contribution in [2.24, 2.45) is 0 Å². The molecule has 1 rings (SSSR count). The molecule has 0 bridgehead atoms. The molecule has 1 aromatic rings. The number of benzene rings is 1. The minimum Gasteiger partial charge on any atom is -0.481 e. The van der Waals surface area contributed by atoms with Gasteiger partial charge in [0.2, 0.25) is 10.0 Å². The SMILES string of the molecule is CC(=O)c1cccc(S(=O)(=O)N[C@@H](CC(=O)O)C(=O)O)c1. The third-order valence-electron chi connectivity index (χ3n) is 2.53. The summed E-state index contributed by atoms with van der Waals surface area (Å²) in [5.74, 6) is -3.42. The summed E-state index contributed by atoms with van der Waals surface area (Å²) < 4.78 is 25.8. The van der Waals surface area contributed by atoms with E-state index in [-0.39, 0.29) is 16.2 Å². The fourth-order valence-electron chi connectivity index (χ4n) is 1.49. The number of ketones is 1. The number of rotatable bonds is 7. The molecule has 0 saturated heterocycles. The first-order valence-electron chi connectivity index (χ1n) is 5.71. The zero-order chi connectivity index (χ0) is 16.2. The van der Waals surface area contributed by atoms with Crippen LogP contribution in [0.25, 0.3) is 0 Å². The Hall–Kier alpha value is -2.26. The second-order valence-corrected chi connectivity index (χ2v) is 5.91. The highest BCUT2D eigenvalue weighted by Crippen LogP contribution is 2.13. The van der Waals surface area contributed by atoms with Crippen LogP contribution in [0.2, 0.25) is 0 Å². The van der Waals surface area contributed by atoms with Gasteiger partial charge in [0.1, 0.15) is 6.04 Å². The van der Waals surface area contributed by atoms with Crippen LogP contribution in [0.1, 0.15) is 23.7 Å². The third kappa shape index (κ3) is 4.65. The van der Waals surface area contributed by atoms with E-state index < -0.39 is 34.4 Å². The average molecular weight is 315 g/mol. The van der Waals surface area contributed by atoms with Crippen molar-refractivity contribution in [1.29, 1.82) is 0 Å². The summed E-state index contributed by atoms with van der Waals surface area (Å²) in [5.41, 5.74) is 0.142. The summed E-state index contributed by atoms with van der Waals surface area (Å²) in [5, 5.41) is 17.4. The summed E-state index contributed by atoms with van der Waals surface area (Å²) in [6.45, 7) is 1.25. The summed E-state index contributed by atoms with van der Waals surface area (Å²) >= 11 is 0. The topological polar surface area (TPSA) is 138 Å². The molecule has 0 aliphatic carbocycles. The summed E-state index contributed by atoms with van der Waals surface area (Å²) in [7, 11) is -4.25. The standard InChI is InChI=1S/C12H13NO7S/c1-7(14)8-3-2-4-9(5-8)21(19,20)13-10(12(17)18)6-11(15)16/h2-5,10,13H,6H2,1H3,(H,15,16)(H,17,18)/t10-/m0/s1. The number of hydrogen-bond acceptors (Lipinski definition) is 5. The molecule has 21 heavy (non-hydrogen) atoms. The van der Waals surface area contributed by atoms with E-state index in [1.165, 1.54) is 25.1 Å². The Morgan fingerprint density at radius 2 is 1.86 bits per heavy atom. The molecule has 0 saturated carbocycles. The maximum Gasteiger partial charge on any atom is 0.322 e. The van der Waals surface area contributed by atoms with Crippen LogP contribution in [0.15, 0.2) is 29.2 Å². The van der Waals surface area contributed by atoms with E-state index in [1.54, 1.807) is 4.72 Å². The molecule has 0 radical (unpaired) electrons. The predicted octanol–water partition coefficient (Wildman–Crippen LogP) is 0.0954. The van der Waals surface area contributed by atoms with Gasteiger partial charge in [-0.05, 0) is 19.1 Å². The molecule has 0 aromatic heterocycles. The highest BCUT2D eigenvalue weighted by Gasteiger charge is 2.27. The van der Waals surface area contributed by atoms with Gasteiger partial charge in [-0.15, -0.1) is 0 Å². The van der Waals surface area contributed by atoms with E-state index in [9.17, 15) is 22.8 Å². The second-order valence-electron chi connectivity index (χ2n) is 4.19. The number of aliphatic carboxylic acids is 2. The minimum atomic E-state index is -4.25. The molecule has 9 heteroatoms. The Kier molecular flexibility index (Phi) is 5.17. The predicted molar refractivity (Wildman–Crippen MR) is 70.4 cm³/mol. The number of sulfonamides is 1. The van der Waals surface area contributed by atoms with Gasteiger partial charge < -0.3 is 10.2 Å². The summed E-state index contributed by atoms with van der Waals surface area (Å²) in [6, 6.07) is 3.21. The van der Waals surface area contributed by atoms with Gasteiger partial charge in [0, 0.05) is 5.56 Å². The Labute approximate surface area is 120 Å². The van der Waals surface area contributed by atoms with Crippen LogP contribution in [0.3, 0.4) is 0 Å². The first-order valence-corrected chi connectivity index (χ1v) is 7.19. The molecule has 1 atom stereocenters. The van der Waals surface area contributed by atoms with Crippen molar-refractivity contribution < 1.29 is 33.0 Å². The zero-order valence-electron chi connectivity index (χ0n) is 10.9. The number of nitrogens with one attached hydrogen (secondary N) is 1. The van der Waals surface area contributed by atoms with Crippen LogP contribution in [0.4, 0.5) is 0 Å². The Morgan fingerprint density at radius 1 is 1.24 bits per heavy atom. The molecule has 0 aliphatic heterocycles. The molecule has 114 valence electrons. The smallest absolute Gasteiger partial charge is 0.322 e. The van der Waals surface area contributed by atoms with Crippen molar-refractivity contribution in [3.05, 3.63) is 29.8 Å². The fourth-order valence-corrected chi connectivity index (χ4v) is 2.73. The maximum atomic E-state index is 12.0. The van der Waals surface area contributed by atoms with Crippen molar-refractivity contribution in [3.8, 4) is 0 Å². The van der Waals surface area contributed by atoms with Crippen LogP contribution >= 0.6 is 0 Å². The number of hydrogen-bond donors (Lipinski definition) is 3. The molecule has 1 aromatic carbocycles. The molecule has 0 unspecified atom stereocenters. The number of Topliss-reactive ketones (excluding diaryl/α,β-unsaturated/α-hetero) is 1. The number of carboxylic acid groups (broad SMARTS) is 2. The third-order valence-corrected chi connectivity index (χ3v) is 3.99. The van der Waals surface area contributed by atoms with E-state index in [1.807, 2.05) is 0 Å². The quantitative estimate of drug-likeness (QED) is 0.606. The van der Waals surface area contributed by atoms with E-state index in [4.69, 9.17) is 10.2 Å². The lowest BCUT2D eigenvalue weighted by Crippen LogP contribution is -2.42. The van der Waals surface area contributed by atoms with E-state index >= 15 is 0 Å². The van der Waals surface area contributed by atoms with Gasteiger partial charge in [-0.1, -0.05) is 12.1 Å². The van der Waals surface area contributed by atoms with Gasteiger partial charge in [0.15, 0.2) is 5.78 Å². The van der Waals surface area contributed by atoms with Gasteiger partial charge in [-0.3, -0.25) is 14.4 Å². The molecular formula is C12H13NO7S. The minimum absolute atomic E-state index is 0.142. The second kappa shape index (κ2) is 6.46. The lowest BCUT2D eigenvalue weighted by molar-refractivity contribution is -0.145. The molecule has 0 aliphatic rings. The molecular weight excluding hydrogens is 302 g/mol. The first-order chi connectivity index (χ1) is 9.63. The molecule has 8 nitrogen and oxygen atoms in total. The van der Waals surface area contributed by atoms with Gasteiger partial charge in [-0.2, -0.15) is 4.72 Å². The summed E-state index contributed by atoms with van der Waals surface area (Å²) in [6.07, 6.45) is -0.902. The summed E-state index contributed by atoms with van der Waals surface area (Å²) in [4.78, 5) is 32.3. The molecule has 0 amide bonds. The molecule has 0 spiro atoms. The van der Waals surface area contributed by atoms with Crippen LogP contribution in [0, 0.1) is 0 Å². The highest BCUT2D eigenvalue weighted by atomic mass is 32.2. The normalized spacial score (nSPS) is 12.6. The average Bonchev–Trinajstić information content (AvgIpc) is 2.37. The first kappa shape index (κ1) is 16.8. The zero-order valence-corrected chi connectivity index (χ0v) is 11.8. The van der Waals surface area contributed by atoms with Crippen LogP contribution in [0.5, 0.6) is 0 Å². The van der Waals surface area contributed by atoms with E-state index in [0.717, 1.165) is 6.07 Å². The van der Waals surface area contributed by atoms with Crippen LogP contribution in [-0.2, 0) is 19.6 Å². The maximum absolute atomic E-state index is 12.0. The van der Waals surface area contributed by atoms with Gasteiger partial charge in [0.25, 0.3) is 0 Å². The van der Waals surface area contributed by atoms with Gasteiger partial charge >= 0.3 is 11.9 Å². The lowest BCUT2D eigenvalue weighted by atomic mass is 10.2. The van der Waals surface area contributed by atoms with Gasteiger partial charge in [0.05, 0.1) is 11.3 Å². The van der Waals surface area contributed by atoms with Crippen molar-refractivity contribution in [2.45, 2.75) is 24.3 Å².